The second kappa shape index (κ2) is 9.62. The molecule has 1 aromatic rings. The number of halogens is 1. The van der Waals surface area contributed by atoms with Crippen molar-refractivity contribution in [2.75, 3.05) is 65.6 Å². The van der Waals surface area contributed by atoms with Crippen molar-refractivity contribution in [1.82, 2.24) is 15.1 Å². The van der Waals surface area contributed by atoms with Gasteiger partial charge < -0.3 is 19.7 Å². The van der Waals surface area contributed by atoms with Crippen molar-refractivity contribution >= 4 is 17.6 Å². The van der Waals surface area contributed by atoms with Crippen molar-refractivity contribution in [3.63, 3.8) is 0 Å². The second-order valence-electron chi connectivity index (χ2n) is 7.60. The third-order valence-corrected chi connectivity index (χ3v) is 5.26. The van der Waals surface area contributed by atoms with Crippen molar-refractivity contribution in [2.24, 2.45) is 10.4 Å². The van der Waals surface area contributed by atoms with Gasteiger partial charge in [-0.3, -0.25) is 9.89 Å². The van der Waals surface area contributed by atoms with Gasteiger partial charge >= 0.3 is 0 Å². The summed E-state index contributed by atoms with van der Waals surface area (Å²) in [5.41, 5.74) is 0.210. The first-order valence-corrected chi connectivity index (χ1v) is 10.2. The molecule has 0 spiro atoms. The highest BCUT2D eigenvalue weighted by Gasteiger charge is 2.33. The molecule has 2 saturated heterocycles. The number of ether oxygens (including phenoxy) is 2. The lowest BCUT2D eigenvalue weighted by Gasteiger charge is -2.39. The Morgan fingerprint density at radius 2 is 1.93 bits per heavy atom. The quantitative estimate of drug-likeness (QED) is 0.568. The largest absolute Gasteiger partial charge is 0.492 e. The van der Waals surface area contributed by atoms with Crippen LogP contribution in [0.3, 0.4) is 0 Å². The van der Waals surface area contributed by atoms with E-state index in [4.69, 9.17) is 26.1 Å². The van der Waals surface area contributed by atoms with Crippen LogP contribution in [0.4, 0.5) is 0 Å². The maximum absolute atomic E-state index is 5.90. The van der Waals surface area contributed by atoms with Crippen LogP contribution in [-0.4, -0.2) is 81.4 Å². The maximum atomic E-state index is 5.90. The lowest BCUT2D eigenvalue weighted by Crippen LogP contribution is -2.53. The summed E-state index contributed by atoms with van der Waals surface area (Å²) in [5.74, 6) is 1.90. The summed E-state index contributed by atoms with van der Waals surface area (Å²) in [6, 6.07) is 7.53. The summed E-state index contributed by atoms with van der Waals surface area (Å²) < 4.78 is 11.1. The average Bonchev–Trinajstić information content (AvgIpc) is 2.66. The monoisotopic (exact) mass is 394 g/mol. The molecule has 1 N–H and O–H groups in total. The van der Waals surface area contributed by atoms with Gasteiger partial charge in [-0.05, 0) is 31.2 Å². The van der Waals surface area contributed by atoms with E-state index in [9.17, 15) is 0 Å². The van der Waals surface area contributed by atoms with Crippen molar-refractivity contribution < 1.29 is 9.47 Å². The number of guanidine groups is 1. The third kappa shape index (κ3) is 5.99. The average molecular weight is 395 g/mol. The molecule has 6 nitrogen and oxygen atoms in total. The Bertz CT molecular complexity index is 611. The summed E-state index contributed by atoms with van der Waals surface area (Å²) >= 11 is 5.90. The second-order valence-corrected chi connectivity index (χ2v) is 8.04. The van der Waals surface area contributed by atoms with Crippen LogP contribution in [0.5, 0.6) is 5.75 Å². The minimum atomic E-state index is 0.210. The van der Waals surface area contributed by atoms with Crippen LogP contribution in [0.2, 0.25) is 5.02 Å². The summed E-state index contributed by atoms with van der Waals surface area (Å²) in [7, 11) is 0. The molecule has 3 rings (SSSR count). The molecule has 150 valence electrons. The Morgan fingerprint density at radius 1 is 1.22 bits per heavy atom. The zero-order valence-electron chi connectivity index (χ0n) is 16.4. The van der Waals surface area contributed by atoms with Gasteiger partial charge in [0.15, 0.2) is 5.96 Å². The number of benzene rings is 1. The number of nitrogens with one attached hydrogen (secondary N) is 1. The molecule has 2 aliphatic rings. The number of aliphatic imine (C=N–C) groups is 1. The predicted molar refractivity (Wildman–Crippen MR) is 110 cm³/mol. The number of piperazine rings is 1. The predicted octanol–water partition coefficient (Wildman–Crippen LogP) is 2.34. The van der Waals surface area contributed by atoms with Gasteiger partial charge in [-0.2, -0.15) is 0 Å². The van der Waals surface area contributed by atoms with Crippen LogP contribution in [0.15, 0.2) is 29.3 Å². The van der Waals surface area contributed by atoms with E-state index < -0.39 is 0 Å². The van der Waals surface area contributed by atoms with E-state index in [0.717, 1.165) is 75.8 Å². The standard InChI is InChI=1S/C20H31ClN4O2/c1-3-22-19(23-14-20(2)15-26-16-20)25-10-8-24(9-11-25)12-13-27-18-6-4-17(21)5-7-18/h4-7H,3,8-16H2,1-2H3,(H,22,23). The zero-order valence-corrected chi connectivity index (χ0v) is 17.2. The first kappa shape index (κ1) is 20.2. The molecule has 2 aliphatic heterocycles. The Kier molecular flexibility index (Phi) is 7.21. The van der Waals surface area contributed by atoms with Gasteiger partial charge in [0.05, 0.1) is 19.8 Å². The molecule has 7 heteroatoms. The van der Waals surface area contributed by atoms with Gasteiger partial charge in [0, 0.05) is 49.7 Å². The fraction of sp³-hybridized carbons (Fsp3) is 0.650. The molecule has 0 amide bonds. The molecule has 2 fully saturated rings. The lowest BCUT2D eigenvalue weighted by molar-refractivity contribution is -0.0946. The Morgan fingerprint density at radius 3 is 2.52 bits per heavy atom. The van der Waals surface area contributed by atoms with E-state index in [1.807, 2.05) is 24.3 Å². The fourth-order valence-electron chi connectivity index (χ4n) is 3.24. The van der Waals surface area contributed by atoms with Crippen molar-refractivity contribution in [3.05, 3.63) is 29.3 Å². The number of nitrogens with zero attached hydrogens (tertiary/aromatic N) is 3. The van der Waals surface area contributed by atoms with Crippen LogP contribution in [0.25, 0.3) is 0 Å². The summed E-state index contributed by atoms with van der Waals surface area (Å²) in [4.78, 5) is 9.67. The van der Waals surface area contributed by atoms with E-state index in [0.29, 0.717) is 6.61 Å². The van der Waals surface area contributed by atoms with Crippen molar-refractivity contribution in [1.29, 1.82) is 0 Å². The van der Waals surface area contributed by atoms with Gasteiger partial charge in [0.1, 0.15) is 12.4 Å². The van der Waals surface area contributed by atoms with E-state index in [-0.39, 0.29) is 5.41 Å². The normalized spacial score (nSPS) is 20.3. The van der Waals surface area contributed by atoms with E-state index >= 15 is 0 Å². The van der Waals surface area contributed by atoms with Gasteiger partial charge in [-0.15, -0.1) is 0 Å². The summed E-state index contributed by atoms with van der Waals surface area (Å²) in [6.07, 6.45) is 0. The Hall–Kier alpha value is -1.50. The topological polar surface area (TPSA) is 49.3 Å². The van der Waals surface area contributed by atoms with Crippen molar-refractivity contribution in [2.45, 2.75) is 13.8 Å². The van der Waals surface area contributed by atoms with Gasteiger partial charge in [-0.1, -0.05) is 18.5 Å². The van der Waals surface area contributed by atoms with E-state index in [2.05, 4.69) is 29.0 Å². The molecule has 0 bridgehead atoms. The lowest BCUT2D eigenvalue weighted by atomic mass is 9.89. The van der Waals surface area contributed by atoms with Gasteiger partial charge in [0.25, 0.3) is 0 Å². The van der Waals surface area contributed by atoms with Crippen molar-refractivity contribution in [3.8, 4) is 5.75 Å². The molecule has 0 saturated carbocycles. The Labute approximate surface area is 167 Å². The molecule has 2 heterocycles. The van der Waals surface area contributed by atoms with E-state index in [1.165, 1.54) is 0 Å². The first-order valence-electron chi connectivity index (χ1n) is 9.80. The molecule has 0 atom stereocenters. The molecule has 27 heavy (non-hydrogen) atoms. The molecule has 0 aromatic heterocycles. The highest BCUT2D eigenvalue weighted by molar-refractivity contribution is 6.30. The van der Waals surface area contributed by atoms with Crippen LogP contribution in [0, 0.1) is 5.41 Å². The maximum Gasteiger partial charge on any atom is 0.194 e. The molecule has 1 aromatic carbocycles. The molecular formula is C20H31ClN4O2. The van der Waals surface area contributed by atoms with Gasteiger partial charge in [0.2, 0.25) is 0 Å². The molecule has 0 radical (unpaired) electrons. The fourth-order valence-corrected chi connectivity index (χ4v) is 3.37. The van der Waals surface area contributed by atoms with E-state index in [1.54, 1.807) is 0 Å². The highest BCUT2D eigenvalue weighted by Crippen LogP contribution is 2.26. The van der Waals surface area contributed by atoms with Crippen LogP contribution in [0.1, 0.15) is 13.8 Å². The minimum Gasteiger partial charge on any atom is -0.492 e. The highest BCUT2D eigenvalue weighted by atomic mass is 35.5. The molecular weight excluding hydrogens is 364 g/mol. The molecule has 0 unspecified atom stereocenters. The SMILES string of the molecule is CCNC(=NCC1(C)COC1)N1CCN(CCOc2ccc(Cl)cc2)CC1. The smallest absolute Gasteiger partial charge is 0.194 e. The minimum absolute atomic E-state index is 0.210. The van der Waals surface area contributed by atoms with Gasteiger partial charge in [-0.25, -0.2) is 0 Å². The zero-order chi connectivity index (χ0) is 19.1. The van der Waals surface area contributed by atoms with Crippen LogP contribution in [-0.2, 0) is 4.74 Å². The summed E-state index contributed by atoms with van der Waals surface area (Å²) in [5, 5.41) is 4.17. The number of rotatable bonds is 7. The number of hydrogen-bond acceptors (Lipinski definition) is 4. The van der Waals surface area contributed by atoms with Crippen LogP contribution >= 0.6 is 11.6 Å². The molecule has 0 aliphatic carbocycles. The summed E-state index contributed by atoms with van der Waals surface area (Å²) in [6.45, 7) is 13.3. The number of hydrogen-bond donors (Lipinski definition) is 1. The van der Waals surface area contributed by atoms with Crippen LogP contribution < -0.4 is 10.1 Å². The first-order chi connectivity index (χ1) is 13.1. The third-order valence-electron chi connectivity index (χ3n) is 5.01. The Balaban J connectivity index is 1.41.